The summed E-state index contributed by atoms with van der Waals surface area (Å²) < 4.78 is 5.23. The zero-order valence-electron chi connectivity index (χ0n) is 11.7. The Hall–Kier alpha value is -2.59. The van der Waals surface area contributed by atoms with Crippen LogP contribution in [0.25, 0.3) is 10.9 Å². The van der Waals surface area contributed by atoms with E-state index in [0.717, 1.165) is 22.2 Å². The van der Waals surface area contributed by atoms with Crippen LogP contribution in [0.3, 0.4) is 0 Å². The Bertz CT molecular complexity index is 728. The maximum atomic E-state index is 5.43. The molecule has 0 N–H and O–H groups in total. The first-order valence-electron chi connectivity index (χ1n) is 6.63. The molecule has 4 heteroatoms. The lowest BCUT2D eigenvalue weighted by molar-refractivity contribution is -0.216. The maximum Gasteiger partial charge on any atom is 0.176 e. The van der Waals surface area contributed by atoms with Crippen LogP contribution in [0.15, 0.2) is 60.8 Å². The van der Waals surface area contributed by atoms with Gasteiger partial charge in [-0.1, -0.05) is 30.3 Å². The van der Waals surface area contributed by atoms with Gasteiger partial charge >= 0.3 is 0 Å². The van der Waals surface area contributed by atoms with Gasteiger partial charge in [0.1, 0.15) is 12.4 Å². The van der Waals surface area contributed by atoms with Crippen molar-refractivity contribution in [2.45, 2.75) is 6.61 Å². The van der Waals surface area contributed by atoms with Gasteiger partial charge in [-0.2, -0.15) is 4.89 Å². The number of fused-ring (bicyclic) bond motifs is 1. The van der Waals surface area contributed by atoms with Crippen LogP contribution < -0.4 is 9.62 Å². The minimum atomic E-state index is 0.384. The summed E-state index contributed by atoms with van der Waals surface area (Å²) in [7, 11) is 1.63. The molecule has 0 unspecified atom stereocenters. The molecule has 1 aromatic heterocycles. The number of ether oxygens (including phenoxy) is 1. The molecule has 0 saturated heterocycles. The van der Waals surface area contributed by atoms with E-state index in [1.165, 1.54) is 0 Å². The molecule has 106 valence electrons. The number of rotatable bonds is 5. The SMILES string of the molecule is COc1ccc2nccc(OOCc3ccccc3)c2c1. The molecule has 0 aliphatic heterocycles. The summed E-state index contributed by atoms with van der Waals surface area (Å²) in [6, 6.07) is 17.3. The van der Waals surface area contributed by atoms with Gasteiger partial charge in [0, 0.05) is 12.3 Å². The Kier molecular flexibility index (Phi) is 3.98. The third-order valence-electron chi connectivity index (χ3n) is 3.13. The maximum absolute atomic E-state index is 5.43. The van der Waals surface area contributed by atoms with Crippen molar-refractivity contribution < 1.29 is 14.5 Å². The van der Waals surface area contributed by atoms with E-state index in [-0.39, 0.29) is 0 Å². The topological polar surface area (TPSA) is 40.6 Å². The van der Waals surface area contributed by atoms with E-state index < -0.39 is 0 Å². The van der Waals surface area contributed by atoms with Gasteiger partial charge in [-0.25, -0.2) is 0 Å². The van der Waals surface area contributed by atoms with E-state index in [4.69, 9.17) is 14.5 Å². The highest BCUT2D eigenvalue weighted by atomic mass is 17.2. The molecule has 0 radical (unpaired) electrons. The van der Waals surface area contributed by atoms with Gasteiger partial charge in [-0.3, -0.25) is 4.98 Å². The molecule has 0 spiro atoms. The van der Waals surface area contributed by atoms with Crippen molar-refractivity contribution in [3.63, 3.8) is 0 Å². The van der Waals surface area contributed by atoms with Crippen LogP contribution in [-0.4, -0.2) is 12.1 Å². The molecule has 4 nitrogen and oxygen atoms in total. The van der Waals surface area contributed by atoms with Crippen LogP contribution in [0.2, 0.25) is 0 Å². The van der Waals surface area contributed by atoms with Gasteiger partial charge in [0.05, 0.1) is 18.0 Å². The smallest absolute Gasteiger partial charge is 0.176 e. The Morgan fingerprint density at radius 1 is 1.00 bits per heavy atom. The molecule has 0 aliphatic rings. The number of benzene rings is 2. The molecular formula is C17H15NO3. The monoisotopic (exact) mass is 281 g/mol. The lowest BCUT2D eigenvalue weighted by Crippen LogP contribution is -1.98. The van der Waals surface area contributed by atoms with Gasteiger partial charge in [0.25, 0.3) is 0 Å². The van der Waals surface area contributed by atoms with E-state index in [0.29, 0.717) is 12.4 Å². The zero-order chi connectivity index (χ0) is 14.5. The van der Waals surface area contributed by atoms with E-state index in [1.54, 1.807) is 19.4 Å². The summed E-state index contributed by atoms with van der Waals surface area (Å²) in [5.41, 5.74) is 1.88. The molecule has 0 bridgehead atoms. The van der Waals surface area contributed by atoms with E-state index in [2.05, 4.69) is 4.98 Å². The second-order valence-electron chi connectivity index (χ2n) is 4.52. The number of methoxy groups -OCH3 is 1. The molecule has 0 fully saturated rings. The van der Waals surface area contributed by atoms with Crippen molar-refractivity contribution in [1.29, 1.82) is 0 Å². The quantitative estimate of drug-likeness (QED) is 0.527. The minimum Gasteiger partial charge on any atom is -0.497 e. The van der Waals surface area contributed by atoms with Crippen molar-refractivity contribution >= 4 is 10.9 Å². The van der Waals surface area contributed by atoms with Crippen molar-refractivity contribution in [2.75, 3.05) is 7.11 Å². The summed E-state index contributed by atoms with van der Waals surface area (Å²) in [5, 5.41) is 0.852. The van der Waals surface area contributed by atoms with Gasteiger partial charge in [-0.05, 0) is 23.8 Å². The molecule has 0 aliphatic carbocycles. The normalized spacial score (nSPS) is 10.5. The fourth-order valence-electron chi connectivity index (χ4n) is 2.03. The fraction of sp³-hybridized carbons (Fsp3) is 0.118. The third-order valence-corrected chi connectivity index (χ3v) is 3.13. The van der Waals surface area contributed by atoms with Crippen LogP contribution in [0.5, 0.6) is 11.5 Å². The first-order chi connectivity index (χ1) is 10.4. The second kappa shape index (κ2) is 6.24. The molecule has 0 saturated carbocycles. The van der Waals surface area contributed by atoms with Crippen molar-refractivity contribution in [1.82, 2.24) is 4.98 Å². The van der Waals surface area contributed by atoms with Gasteiger partial charge in [0.2, 0.25) is 0 Å². The predicted molar refractivity (Wildman–Crippen MR) is 80.2 cm³/mol. The average molecular weight is 281 g/mol. The lowest BCUT2D eigenvalue weighted by Gasteiger charge is -2.08. The Labute approximate surface area is 122 Å². The van der Waals surface area contributed by atoms with Crippen LogP contribution in [0.1, 0.15) is 5.56 Å². The summed E-state index contributed by atoms with van der Waals surface area (Å²) in [6.45, 7) is 0.384. The Balaban J connectivity index is 1.77. The number of nitrogens with zero attached hydrogens (tertiary/aromatic N) is 1. The van der Waals surface area contributed by atoms with Crippen LogP contribution in [0, 0.1) is 0 Å². The average Bonchev–Trinajstić information content (AvgIpc) is 2.55. The first kappa shape index (κ1) is 13.4. The number of aromatic nitrogens is 1. The highest BCUT2D eigenvalue weighted by Gasteiger charge is 2.06. The predicted octanol–water partition coefficient (Wildman–Crippen LogP) is 3.75. The van der Waals surface area contributed by atoms with Crippen LogP contribution in [0.4, 0.5) is 0 Å². The number of hydrogen-bond donors (Lipinski definition) is 0. The standard InChI is InChI=1S/C17H15NO3/c1-19-14-7-8-16-15(11-14)17(9-10-18-16)21-20-12-13-5-3-2-4-6-13/h2-11H,12H2,1H3. The molecule has 3 aromatic rings. The fourth-order valence-corrected chi connectivity index (χ4v) is 2.03. The Morgan fingerprint density at radius 2 is 1.86 bits per heavy atom. The van der Waals surface area contributed by atoms with Crippen LogP contribution in [-0.2, 0) is 11.5 Å². The highest BCUT2D eigenvalue weighted by molar-refractivity contribution is 5.86. The van der Waals surface area contributed by atoms with Crippen molar-refractivity contribution in [3.05, 3.63) is 66.4 Å². The summed E-state index contributed by atoms with van der Waals surface area (Å²) in [6.07, 6.45) is 1.69. The highest BCUT2D eigenvalue weighted by Crippen LogP contribution is 2.27. The number of pyridine rings is 1. The zero-order valence-corrected chi connectivity index (χ0v) is 11.7. The molecule has 21 heavy (non-hydrogen) atoms. The minimum absolute atomic E-state index is 0.384. The lowest BCUT2D eigenvalue weighted by atomic mass is 10.2. The van der Waals surface area contributed by atoms with Crippen molar-refractivity contribution in [3.8, 4) is 11.5 Å². The van der Waals surface area contributed by atoms with Gasteiger partial charge in [0.15, 0.2) is 5.75 Å². The first-order valence-corrected chi connectivity index (χ1v) is 6.63. The molecule has 2 aromatic carbocycles. The van der Waals surface area contributed by atoms with Crippen molar-refractivity contribution in [2.24, 2.45) is 0 Å². The summed E-state index contributed by atoms with van der Waals surface area (Å²) in [5.74, 6) is 1.37. The van der Waals surface area contributed by atoms with Gasteiger partial charge < -0.3 is 9.62 Å². The van der Waals surface area contributed by atoms with E-state index in [9.17, 15) is 0 Å². The Morgan fingerprint density at radius 3 is 2.67 bits per heavy atom. The molecule has 3 rings (SSSR count). The largest absolute Gasteiger partial charge is 0.497 e. The second-order valence-corrected chi connectivity index (χ2v) is 4.52. The molecule has 0 atom stereocenters. The van der Waals surface area contributed by atoms with E-state index in [1.807, 2.05) is 48.5 Å². The molecule has 0 amide bonds. The van der Waals surface area contributed by atoms with Gasteiger partial charge in [-0.15, -0.1) is 0 Å². The molecule has 1 heterocycles. The van der Waals surface area contributed by atoms with Crippen LogP contribution >= 0.6 is 0 Å². The third kappa shape index (κ3) is 3.12. The van der Waals surface area contributed by atoms with E-state index >= 15 is 0 Å². The summed E-state index contributed by atoms with van der Waals surface area (Å²) >= 11 is 0. The molecular weight excluding hydrogens is 266 g/mol. The number of hydrogen-bond acceptors (Lipinski definition) is 4. The summed E-state index contributed by atoms with van der Waals surface area (Å²) in [4.78, 5) is 15.0.